The lowest BCUT2D eigenvalue weighted by molar-refractivity contribution is -0.120. The fraction of sp³-hybridized carbons (Fsp3) is 0.294. The van der Waals surface area contributed by atoms with Crippen LogP contribution in [0.15, 0.2) is 47.6 Å². The Kier molecular flexibility index (Phi) is 6.35. The quantitative estimate of drug-likeness (QED) is 0.764. The van der Waals surface area contributed by atoms with Crippen LogP contribution in [0, 0.1) is 0 Å². The average Bonchev–Trinajstić information content (AvgIpc) is 2.65. The molecule has 0 aliphatic carbocycles. The Morgan fingerprint density at radius 1 is 1.16 bits per heavy atom. The highest BCUT2D eigenvalue weighted by molar-refractivity contribution is 7.91. The van der Waals surface area contributed by atoms with Gasteiger partial charge in [-0.15, -0.1) is 0 Å². The molecule has 1 aromatic carbocycles. The highest BCUT2D eigenvalue weighted by Crippen LogP contribution is 2.29. The van der Waals surface area contributed by atoms with E-state index < -0.39 is 9.84 Å². The maximum absolute atomic E-state index is 12.4. The number of sulfone groups is 1. The average molecular weight is 364 g/mol. The van der Waals surface area contributed by atoms with Gasteiger partial charge in [-0.1, -0.05) is 6.07 Å². The molecule has 0 spiro atoms. The fourth-order valence-electron chi connectivity index (χ4n) is 2.15. The number of carbonyl (C=O) groups excluding carboxylic acids is 1. The molecule has 0 saturated heterocycles. The monoisotopic (exact) mass is 364 g/mol. The van der Waals surface area contributed by atoms with Crippen LogP contribution >= 0.6 is 0 Å². The number of hydrogen-bond acceptors (Lipinski definition) is 6. The molecule has 0 aliphatic heterocycles. The Bertz CT molecular complexity index is 822. The van der Waals surface area contributed by atoms with Crippen molar-refractivity contribution in [3.63, 3.8) is 0 Å². The molecule has 0 fully saturated rings. The highest BCUT2D eigenvalue weighted by Gasteiger charge is 2.18. The second kappa shape index (κ2) is 8.48. The number of aromatic nitrogens is 1. The van der Waals surface area contributed by atoms with Crippen molar-refractivity contribution in [1.29, 1.82) is 0 Å². The smallest absolute Gasteiger partial charge is 0.221 e. The van der Waals surface area contributed by atoms with Gasteiger partial charge in [0.25, 0.3) is 0 Å². The summed E-state index contributed by atoms with van der Waals surface area (Å²) in [6, 6.07) is 7.94. The molecule has 0 radical (unpaired) electrons. The lowest BCUT2D eigenvalue weighted by atomic mass is 10.3. The van der Waals surface area contributed by atoms with Gasteiger partial charge in [0, 0.05) is 31.4 Å². The number of amides is 1. The van der Waals surface area contributed by atoms with E-state index in [1.165, 1.54) is 32.4 Å². The van der Waals surface area contributed by atoms with Gasteiger partial charge in [0.1, 0.15) is 0 Å². The van der Waals surface area contributed by atoms with Crippen LogP contribution in [0.1, 0.15) is 12.0 Å². The summed E-state index contributed by atoms with van der Waals surface area (Å²) < 4.78 is 35.0. The first-order valence-electron chi connectivity index (χ1n) is 7.56. The maximum Gasteiger partial charge on any atom is 0.221 e. The Morgan fingerprint density at radius 2 is 1.92 bits per heavy atom. The molecule has 2 aromatic rings. The summed E-state index contributed by atoms with van der Waals surface area (Å²) in [5.41, 5.74) is 0.846. The lowest BCUT2D eigenvalue weighted by Gasteiger charge is -2.10. The van der Waals surface area contributed by atoms with E-state index in [1.807, 2.05) is 6.07 Å². The van der Waals surface area contributed by atoms with E-state index in [9.17, 15) is 13.2 Å². The first-order chi connectivity index (χ1) is 12.0. The van der Waals surface area contributed by atoms with E-state index in [0.717, 1.165) is 5.56 Å². The van der Waals surface area contributed by atoms with Crippen LogP contribution < -0.4 is 14.8 Å². The fourth-order valence-corrected chi connectivity index (χ4v) is 3.40. The van der Waals surface area contributed by atoms with Gasteiger partial charge in [-0.3, -0.25) is 9.78 Å². The molecule has 7 nitrogen and oxygen atoms in total. The van der Waals surface area contributed by atoms with Crippen LogP contribution in [0.2, 0.25) is 0 Å². The van der Waals surface area contributed by atoms with Crippen molar-refractivity contribution in [2.45, 2.75) is 17.9 Å². The van der Waals surface area contributed by atoms with Gasteiger partial charge < -0.3 is 14.8 Å². The summed E-state index contributed by atoms with van der Waals surface area (Å²) >= 11 is 0. The summed E-state index contributed by atoms with van der Waals surface area (Å²) in [5, 5.41) is 2.68. The van der Waals surface area contributed by atoms with Crippen LogP contribution in [-0.4, -0.2) is 39.3 Å². The van der Waals surface area contributed by atoms with Gasteiger partial charge in [-0.25, -0.2) is 8.42 Å². The molecule has 1 heterocycles. The zero-order valence-electron chi connectivity index (χ0n) is 14.1. The normalized spacial score (nSPS) is 11.0. The number of pyridine rings is 1. The summed E-state index contributed by atoms with van der Waals surface area (Å²) in [6.45, 7) is 0.309. The third-order valence-electron chi connectivity index (χ3n) is 3.52. The number of carbonyl (C=O) groups is 1. The number of nitrogens with zero attached hydrogens (tertiary/aromatic N) is 1. The molecule has 0 aliphatic rings. The van der Waals surface area contributed by atoms with Crippen LogP contribution in [-0.2, 0) is 21.2 Å². The van der Waals surface area contributed by atoms with Crippen LogP contribution in [0.5, 0.6) is 11.5 Å². The molecule has 1 N–H and O–H groups in total. The minimum atomic E-state index is -3.60. The van der Waals surface area contributed by atoms with E-state index in [-0.39, 0.29) is 23.0 Å². The molecule has 134 valence electrons. The Morgan fingerprint density at radius 3 is 2.56 bits per heavy atom. The predicted molar refractivity (Wildman–Crippen MR) is 92.3 cm³/mol. The number of methoxy groups -OCH3 is 2. The molecule has 0 atom stereocenters. The van der Waals surface area contributed by atoms with Crippen LogP contribution in [0.4, 0.5) is 0 Å². The summed E-state index contributed by atoms with van der Waals surface area (Å²) in [5.74, 6) is 0.134. The number of hydrogen-bond donors (Lipinski definition) is 1. The summed E-state index contributed by atoms with van der Waals surface area (Å²) in [4.78, 5) is 15.9. The van der Waals surface area contributed by atoms with Gasteiger partial charge in [-0.2, -0.15) is 0 Å². The standard InChI is InChI=1S/C17H20N2O5S/c1-23-15-6-5-14(10-16(15)24-2)25(21,22)9-7-17(20)19-12-13-4-3-8-18-11-13/h3-6,8,10-11H,7,9,12H2,1-2H3,(H,19,20). The molecular weight excluding hydrogens is 344 g/mol. The lowest BCUT2D eigenvalue weighted by Crippen LogP contribution is -2.25. The highest BCUT2D eigenvalue weighted by atomic mass is 32.2. The van der Waals surface area contributed by atoms with E-state index in [2.05, 4.69) is 10.3 Å². The molecule has 1 amide bonds. The third-order valence-corrected chi connectivity index (χ3v) is 5.24. The second-order valence-electron chi connectivity index (χ2n) is 5.22. The van der Waals surface area contributed by atoms with Crippen molar-refractivity contribution in [2.24, 2.45) is 0 Å². The van der Waals surface area contributed by atoms with Crippen molar-refractivity contribution in [1.82, 2.24) is 10.3 Å². The molecule has 25 heavy (non-hydrogen) atoms. The van der Waals surface area contributed by atoms with Crippen molar-refractivity contribution in [3.8, 4) is 11.5 Å². The van der Waals surface area contributed by atoms with E-state index in [1.54, 1.807) is 18.5 Å². The van der Waals surface area contributed by atoms with Crippen LogP contribution in [0.25, 0.3) is 0 Å². The number of nitrogens with one attached hydrogen (secondary N) is 1. The largest absolute Gasteiger partial charge is 0.493 e. The number of rotatable bonds is 8. The molecule has 0 saturated carbocycles. The van der Waals surface area contributed by atoms with Gasteiger partial charge >= 0.3 is 0 Å². The van der Waals surface area contributed by atoms with Gasteiger partial charge in [0.05, 0.1) is 24.9 Å². The Balaban J connectivity index is 1.95. The van der Waals surface area contributed by atoms with Crippen molar-refractivity contribution < 1.29 is 22.7 Å². The maximum atomic E-state index is 12.4. The number of ether oxygens (including phenoxy) is 2. The minimum Gasteiger partial charge on any atom is -0.493 e. The zero-order valence-corrected chi connectivity index (χ0v) is 14.9. The minimum absolute atomic E-state index is 0.0882. The van der Waals surface area contributed by atoms with Crippen molar-refractivity contribution in [3.05, 3.63) is 48.3 Å². The molecule has 0 bridgehead atoms. The first-order valence-corrected chi connectivity index (χ1v) is 9.22. The first kappa shape index (κ1) is 18.7. The molecular formula is C17H20N2O5S. The van der Waals surface area contributed by atoms with Crippen molar-refractivity contribution in [2.75, 3.05) is 20.0 Å². The Hall–Kier alpha value is -2.61. The van der Waals surface area contributed by atoms with E-state index in [0.29, 0.717) is 18.0 Å². The van der Waals surface area contributed by atoms with Crippen molar-refractivity contribution >= 4 is 15.7 Å². The number of benzene rings is 1. The predicted octanol–water partition coefficient (Wildman–Crippen LogP) is 1.58. The SMILES string of the molecule is COc1ccc(S(=O)(=O)CCC(=O)NCc2cccnc2)cc1OC. The van der Waals surface area contributed by atoms with E-state index >= 15 is 0 Å². The zero-order chi connectivity index (χ0) is 18.3. The van der Waals surface area contributed by atoms with Gasteiger partial charge in [0.15, 0.2) is 21.3 Å². The van der Waals surface area contributed by atoms with Gasteiger partial charge in [0.2, 0.25) is 5.91 Å². The summed E-state index contributed by atoms with van der Waals surface area (Å²) in [6.07, 6.45) is 3.15. The third kappa shape index (κ3) is 5.18. The Labute approximate surface area is 146 Å². The molecule has 1 aromatic heterocycles. The van der Waals surface area contributed by atoms with Crippen LogP contribution in [0.3, 0.4) is 0 Å². The second-order valence-corrected chi connectivity index (χ2v) is 7.33. The van der Waals surface area contributed by atoms with Gasteiger partial charge in [-0.05, 0) is 23.8 Å². The molecule has 8 heteroatoms. The molecule has 0 unspecified atom stereocenters. The topological polar surface area (TPSA) is 94.6 Å². The summed E-state index contributed by atoms with van der Waals surface area (Å²) in [7, 11) is -0.703. The molecule has 2 rings (SSSR count). The van der Waals surface area contributed by atoms with E-state index in [4.69, 9.17) is 9.47 Å².